The quantitative estimate of drug-likeness (QED) is 0.0399. The van der Waals surface area contributed by atoms with Crippen LogP contribution in [0, 0.1) is 37.9 Å². The third-order valence-corrected chi connectivity index (χ3v) is 17.8. The summed E-state index contributed by atoms with van der Waals surface area (Å²) in [7, 11) is 0. The van der Waals surface area contributed by atoms with Crippen LogP contribution in [0.1, 0.15) is 275 Å². The van der Waals surface area contributed by atoms with Crippen molar-refractivity contribution in [2.45, 2.75) is 317 Å². The molecule has 618 valence electrons. The number of halogens is 11. The maximum Gasteiger partial charge on any atom is 0.422 e. The number of esters is 9. The van der Waals surface area contributed by atoms with Crippen LogP contribution in [0.15, 0.2) is 0 Å². The molecule has 1 aliphatic carbocycles. The van der Waals surface area contributed by atoms with Gasteiger partial charge in [-0.1, -0.05) is 81.6 Å². The van der Waals surface area contributed by atoms with E-state index in [-0.39, 0.29) is 23.0 Å². The number of hydrogen-bond acceptors (Lipinski definition) is 20. The second-order valence-electron chi connectivity index (χ2n) is 29.4. The molecule has 2 atom stereocenters. The summed E-state index contributed by atoms with van der Waals surface area (Å²) >= 11 is 0. The minimum Gasteiger partial charge on any atom is -0.481 e. The highest BCUT2D eigenvalue weighted by Crippen LogP contribution is 2.37. The molecule has 1 saturated heterocycles. The van der Waals surface area contributed by atoms with E-state index in [2.05, 4.69) is 42.3 Å². The summed E-state index contributed by atoms with van der Waals surface area (Å²) in [6, 6.07) is 0. The first kappa shape index (κ1) is 107. The molecular weight excluding hydrogens is 1430 g/mol. The summed E-state index contributed by atoms with van der Waals surface area (Å²) in [5, 5.41) is 16.9. The molecule has 0 bridgehead atoms. The zero-order valence-corrected chi connectivity index (χ0v) is 65.8. The first-order chi connectivity index (χ1) is 47.4. The lowest BCUT2D eigenvalue weighted by atomic mass is 9.83. The number of alkyl halides is 11. The van der Waals surface area contributed by atoms with Gasteiger partial charge in [0.15, 0.2) is 32.5 Å². The molecule has 0 aromatic heterocycles. The third kappa shape index (κ3) is 47.0. The minimum atomic E-state index is -4.63. The van der Waals surface area contributed by atoms with Crippen LogP contribution < -0.4 is 0 Å². The molecule has 2 rings (SSSR count). The average Bonchev–Trinajstić information content (AvgIpc) is 0.988. The number of carbonyl (C=O) groups is 11. The van der Waals surface area contributed by atoms with Crippen molar-refractivity contribution in [1.82, 2.24) is 0 Å². The lowest BCUT2D eigenvalue weighted by Crippen LogP contribution is -2.46. The highest BCUT2D eigenvalue weighted by Gasteiger charge is 2.52. The Hall–Kier alpha value is -6.60. The predicted octanol–water partition coefficient (Wildman–Crippen LogP) is 17.2. The van der Waals surface area contributed by atoms with Gasteiger partial charge in [0.05, 0.1) is 50.9 Å². The number of cyclic esters (lactones) is 1. The zero-order valence-electron chi connectivity index (χ0n) is 65.8. The number of carboxylic acids is 2. The molecule has 2 fully saturated rings. The van der Waals surface area contributed by atoms with E-state index in [0.717, 1.165) is 25.7 Å². The molecule has 0 radical (unpaired) electrons. The molecule has 2 aliphatic rings. The second kappa shape index (κ2) is 47.9. The van der Waals surface area contributed by atoms with Gasteiger partial charge in [-0.25, -0.2) is 19.2 Å². The van der Waals surface area contributed by atoms with E-state index in [1.165, 1.54) is 52.9 Å². The molecule has 33 heteroatoms. The van der Waals surface area contributed by atoms with Gasteiger partial charge in [-0.15, -0.1) is 0 Å². The topological polar surface area (TPSA) is 311 Å². The normalized spacial score (nSPS) is 15.3. The Bertz CT molecular complexity index is 2570. The number of rotatable bonds is 29. The summed E-state index contributed by atoms with van der Waals surface area (Å²) in [6.45, 7) is 34.3. The van der Waals surface area contributed by atoms with Gasteiger partial charge in [-0.05, 0) is 180 Å². The summed E-state index contributed by atoms with van der Waals surface area (Å²) in [5.41, 5.74) is -4.70. The zero-order chi connectivity index (χ0) is 83.8. The SMILES string of the molecule is CCC(C)(C)C(=O)O.CCC(C)(C)C(=O)O.CCC(C)(C)C(=O)OC1CCOC1=O.CCC(C)(C)C(=O)OCC(=O)OCC(F)(F)F.CCC(C)(C)C(=O)OCC(=O)OCC(F)(F)F.CCC(OC(=O)C(C)(C)CC)C(F)(F)C(=O)OCCC(F)(F)F.CCC1(OC(=O)C(C)(C)CC)CCCCCCC1. The Morgan fingerprint density at radius 2 is 0.771 bits per heavy atom. The van der Waals surface area contributed by atoms with Crippen molar-refractivity contribution in [3.8, 4) is 0 Å². The van der Waals surface area contributed by atoms with Gasteiger partial charge in [0, 0.05) is 6.42 Å². The van der Waals surface area contributed by atoms with E-state index >= 15 is 0 Å². The van der Waals surface area contributed by atoms with Crippen molar-refractivity contribution in [2.24, 2.45) is 37.9 Å². The van der Waals surface area contributed by atoms with Crippen molar-refractivity contribution in [3.05, 3.63) is 0 Å². The first-order valence-electron chi connectivity index (χ1n) is 35.1. The van der Waals surface area contributed by atoms with Crippen molar-refractivity contribution >= 4 is 65.7 Å². The van der Waals surface area contributed by atoms with Crippen molar-refractivity contribution in [2.75, 3.05) is 39.6 Å². The largest absolute Gasteiger partial charge is 0.481 e. The van der Waals surface area contributed by atoms with Crippen LogP contribution in [0.5, 0.6) is 0 Å². The molecule has 1 aliphatic heterocycles. The Morgan fingerprint density at radius 3 is 1.06 bits per heavy atom. The highest BCUT2D eigenvalue weighted by atomic mass is 19.4. The average molecular weight is 1550 g/mol. The maximum atomic E-state index is 13.9. The monoisotopic (exact) mass is 1550 g/mol. The van der Waals surface area contributed by atoms with Gasteiger partial charge in [0.2, 0.25) is 6.10 Å². The van der Waals surface area contributed by atoms with Crippen LogP contribution in [0.4, 0.5) is 48.3 Å². The molecule has 0 aromatic carbocycles. The van der Waals surface area contributed by atoms with Crippen LogP contribution in [-0.4, -0.2) is 158 Å². The van der Waals surface area contributed by atoms with Crippen molar-refractivity contribution in [1.29, 1.82) is 0 Å². The molecule has 2 unspecified atom stereocenters. The molecule has 0 spiro atoms. The van der Waals surface area contributed by atoms with Gasteiger partial charge >= 0.3 is 90.1 Å². The molecule has 1 heterocycles. The lowest BCUT2D eigenvalue weighted by Gasteiger charge is -2.37. The van der Waals surface area contributed by atoms with Crippen LogP contribution in [0.3, 0.4) is 0 Å². The summed E-state index contributed by atoms with van der Waals surface area (Å²) in [5.74, 6) is -13.2. The Balaban J connectivity index is -0.000000379. The maximum absolute atomic E-state index is 13.9. The van der Waals surface area contributed by atoms with Gasteiger partial charge in [-0.3, -0.25) is 33.6 Å². The molecule has 105 heavy (non-hydrogen) atoms. The standard InChI is InChI=1S/C16H30O2.C14H21F5O4.2C10H15F3O4.C10H16O4.2C6H12O2/c1-5-15(3,4)14(17)18-16(6-2)12-10-8-7-9-11-13-16;1-5-9(23-10(20)12(3,4)6-2)14(18,19)11(21)22-8-7-13(15,16)17;2*1-4-9(2,3)8(15)16-5-7(14)17-6-10(11,12)13;1-4-10(2,3)9(12)14-7-5-6-13-8(7)11;2*1-4-6(2,3)5(7)8/h5-13H2,1-4H3;9H,5-8H2,1-4H3;2*4-6H2,1-3H3;7H,4-6H2,1-3H3;2*4H2,1-3H3,(H,7,8). The van der Waals surface area contributed by atoms with Crippen LogP contribution in [-0.2, 0) is 95.4 Å². The van der Waals surface area contributed by atoms with E-state index < -0.39 is 169 Å². The summed E-state index contributed by atoms with van der Waals surface area (Å²) < 4.78 is 175. The van der Waals surface area contributed by atoms with Crippen molar-refractivity contribution < 1.29 is 154 Å². The smallest absolute Gasteiger partial charge is 0.422 e. The molecule has 0 amide bonds. The molecule has 2 N–H and O–H groups in total. The second-order valence-corrected chi connectivity index (χ2v) is 29.4. The van der Waals surface area contributed by atoms with Gasteiger partial charge in [0.25, 0.3) is 0 Å². The minimum absolute atomic E-state index is 0.00702. The predicted molar refractivity (Wildman–Crippen MR) is 363 cm³/mol. The number of hydrogen-bond donors (Lipinski definition) is 2. The van der Waals surface area contributed by atoms with Crippen molar-refractivity contribution in [3.63, 3.8) is 0 Å². The Morgan fingerprint density at radius 1 is 0.438 bits per heavy atom. The van der Waals surface area contributed by atoms with Crippen LogP contribution >= 0.6 is 0 Å². The number of ether oxygens (including phenoxy) is 9. The summed E-state index contributed by atoms with van der Waals surface area (Å²) in [4.78, 5) is 123. The van der Waals surface area contributed by atoms with Crippen LogP contribution in [0.2, 0.25) is 0 Å². The molecule has 22 nitrogen and oxygen atoms in total. The molecule has 1 saturated carbocycles. The fourth-order valence-electron chi connectivity index (χ4n) is 6.55. The van der Waals surface area contributed by atoms with Gasteiger partial charge in [-0.2, -0.15) is 48.3 Å². The van der Waals surface area contributed by atoms with Gasteiger partial charge in [0.1, 0.15) is 12.2 Å². The number of carboxylic acid groups (broad SMARTS) is 2. The molecule has 0 aromatic rings. The van der Waals surface area contributed by atoms with E-state index in [0.29, 0.717) is 51.6 Å². The Kier molecular flexibility index (Phi) is 48.9. The molecular formula is C72H121F11O22. The number of carbonyl (C=O) groups excluding carboxylic acids is 9. The third-order valence-electron chi connectivity index (χ3n) is 17.8. The van der Waals surface area contributed by atoms with E-state index in [4.69, 9.17) is 24.4 Å². The fraction of sp³-hybridized carbons (Fsp3) is 0.847. The lowest BCUT2D eigenvalue weighted by molar-refractivity contribution is -0.205. The summed E-state index contributed by atoms with van der Waals surface area (Å²) in [6.07, 6.45) is -4.45. The first-order valence-corrected chi connectivity index (χ1v) is 35.1. The van der Waals surface area contributed by atoms with Gasteiger partial charge < -0.3 is 52.8 Å². The van der Waals surface area contributed by atoms with E-state index in [9.17, 15) is 101 Å². The van der Waals surface area contributed by atoms with Crippen LogP contribution in [0.25, 0.3) is 0 Å². The Labute approximate surface area is 612 Å². The fourth-order valence-corrected chi connectivity index (χ4v) is 6.55. The van der Waals surface area contributed by atoms with E-state index in [1.54, 1.807) is 90.0 Å². The van der Waals surface area contributed by atoms with E-state index in [1.807, 2.05) is 34.6 Å². The highest BCUT2D eigenvalue weighted by molar-refractivity contribution is 5.84. The number of aliphatic carboxylic acids is 2.